The first-order valence-electron chi connectivity index (χ1n) is 13.6. The highest BCUT2D eigenvalue weighted by Crippen LogP contribution is 2.38. The fourth-order valence-electron chi connectivity index (χ4n) is 5.64. The SMILES string of the molecule is O=C(O)c1cn(C2CC2)c2cc(N3CCCC(COc4ccc(N5C[C@H](CO)OC5=O)cc4F)C3)c(F)cc2c1=O. The van der Waals surface area contributed by atoms with Gasteiger partial charge in [-0.25, -0.2) is 18.4 Å². The number of aliphatic hydroxyl groups is 1. The lowest BCUT2D eigenvalue weighted by molar-refractivity contribution is 0.0694. The van der Waals surface area contributed by atoms with Crippen LogP contribution in [0.5, 0.6) is 5.75 Å². The molecule has 2 saturated heterocycles. The molecule has 0 bridgehead atoms. The van der Waals surface area contributed by atoms with Crippen LogP contribution in [-0.4, -0.2) is 65.8 Å². The number of cyclic esters (lactones) is 1. The summed E-state index contributed by atoms with van der Waals surface area (Å²) in [5, 5.41) is 18.7. The highest BCUT2D eigenvalue weighted by molar-refractivity contribution is 5.93. The molecule has 41 heavy (non-hydrogen) atoms. The molecule has 3 aromatic rings. The Morgan fingerprint density at radius 2 is 1.88 bits per heavy atom. The predicted molar refractivity (Wildman–Crippen MR) is 145 cm³/mol. The van der Waals surface area contributed by atoms with E-state index in [-0.39, 0.29) is 48.4 Å². The second-order valence-corrected chi connectivity index (χ2v) is 10.8. The van der Waals surface area contributed by atoms with E-state index < -0.39 is 35.2 Å². The molecule has 1 unspecified atom stereocenters. The lowest BCUT2D eigenvalue weighted by Crippen LogP contribution is -2.38. The number of pyridine rings is 1. The number of carbonyl (C=O) groups excluding carboxylic acids is 1. The second kappa shape index (κ2) is 10.7. The van der Waals surface area contributed by atoms with Crippen molar-refractivity contribution >= 4 is 34.3 Å². The van der Waals surface area contributed by atoms with Gasteiger partial charge in [0.15, 0.2) is 11.6 Å². The molecule has 2 aliphatic heterocycles. The number of carboxylic acid groups (broad SMARTS) is 1. The molecule has 3 fully saturated rings. The van der Waals surface area contributed by atoms with Crippen LogP contribution in [0.25, 0.3) is 10.9 Å². The third-order valence-electron chi connectivity index (χ3n) is 7.91. The Bertz CT molecular complexity index is 1590. The largest absolute Gasteiger partial charge is 0.490 e. The molecule has 1 saturated carbocycles. The first-order chi connectivity index (χ1) is 19.7. The standard InChI is InChI=1S/C29H29F2N3O7/c30-22-9-20-24(33(17-3-4-17)13-21(27(20)36)28(37)38)10-25(22)32-7-1-2-16(11-32)15-40-26-6-5-18(8-23(26)31)34-12-19(14-35)41-29(34)39/h5-6,8-10,13,16-17,19,35H,1-4,7,11-12,14-15H2,(H,37,38)/t16?,19-/m1/s1. The van der Waals surface area contributed by atoms with Crippen LogP contribution in [0.3, 0.4) is 0 Å². The lowest BCUT2D eigenvalue weighted by Gasteiger charge is -2.34. The van der Waals surface area contributed by atoms with Crippen LogP contribution < -0.4 is 20.0 Å². The number of aromatic nitrogens is 1. The number of anilines is 2. The molecular weight excluding hydrogens is 540 g/mol. The van der Waals surface area contributed by atoms with E-state index >= 15 is 4.39 Å². The molecule has 2 atom stereocenters. The number of aliphatic hydroxyl groups excluding tert-OH is 1. The van der Waals surface area contributed by atoms with E-state index in [4.69, 9.17) is 9.47 Å². The summed E-state index contributed by atoms with van der Waals surface area (Å²) in [7, 11) is 0. The maximum Gasteiger partial charge on any atom is 0.414 e. The third kappa shape index (κ3) is 5.19. The van der Waals surface area contributed by atoms with Gasteiger partial charge in [0.2, 0.25) is 5.43 Å². The first kappa shape index (κ1) is 27.0. The predicted octanol–water partition coefficient (Wildman–Crippen LogP) is 3.93. The summed E-state index contributed by atoms with van der Waals surface area (Å²) in [6, 6.07) is 7.01. The minimum Gasteiger partial charge on any atom is -0.490 e. The monoisotopic (exact) mass is 569 g/mol. The Balaban J connectivity index is 1.18. The van der Waals surface area contributed by atoms with Gasteiger partial charge in [-0.3, -0.25) is 9.69 Å². The van der Waals surface area contributed by atoms with Crippen LogP contribution >= 0.6 is 0 Å². The number of hydrogen-bond acceptors (Lipinski definition) is 7. The Hall–Kier alpha value is -4.19. The van der Waals surface area contributed by atoms with E-state index in [9.17, 15) is 29.0 Å². The third-order valence-corrected chi connectivity index (χ3v) is 7.91. The van der Waals surface area contributed by atoms with Crippen molar-refractivity contribution in [1.29, 1.82) is 0 Å². The van der Waals surface area contributed by atoms with Crippen molar-refractivity contribution < 1.29 is 38.1 Å². The molecule has 10 nitrogen and oxygen atoms in total. The number of piperidine rings is 1. The minimum absolute atomic E-state index is 0.0247. The van der Waals surface area contributed by atoms with Gasteiger partial charge in [-0.15, -0.1) is 0 Å². The van der Waals surface area contributed by atoms with Gasteiger partial charge in [0, 0.05) is 42.7 Å². The number of carbonyl (C=O) groups is 2. The number of nitrogens with zero attached hydrogens (tertiary/aromatic N) is 3. The summed E-state index contributed by atoms with van der Waals surface area (Å²) in [5.41, 5.74) is 0.0517. The number of aromatic carboxylic acids is 1. The zero-order chi connectivity index (χ0) is 28.8. The van der Waals surface area contributed by atoms with Gasteiger partial charge < -0.3 is 29.2 Å². The molecular formula is C29H29F2N3O7. The summed E-state index contributed by atoms with van der Waals surface area (Å²) < 4.78 is 42.8. The van der Waals surface area contributed by atoms with Crippen LogP contribution in [0.1, 0.15) is 42.1 Å². The molecule has 1 amide bonds. The van der Waals surface area contributed by atoms with Gasteiger partial charge in [0.25, 0.3) is 0 Å². The van der Waals surface area contributed by atoms with E-state index in [1.807, 2.05) is 4.90 Å². The number of halogens is 2. The minimum atomic E-state index is -1.34. The zero-order valence-corrected chi connectivity index (χ0v) is 22.1. The normalized spacial score (nSPS) is 20.9. The lowest BCUT2D eigenvalue weighted by atomic mass is 9.98. The van der Waals surface area contributed by atoms with Crippen LogP contribution in [0.2, 0.25) is 0 Å². The van der Waals surface area contributed by atoms with Crippen molar-refractivity contribution in [2.45, 2.75) is 37.8 Å². The molecule has 12 heteroatoms. The van der Waals surface area contributed by atoms with Gasteiger partial charge in [0.1, 0.15) is 17.5 Å². The van der Waals surface area contributed by atoms with Crippen molar-refractivity contribution in [1.82, 2.24) is 4.57 Å². The summed E-state index contributed by atoms with van der Waals surface area (Å²) >= 11 is 0. The number of fused-ring (bicyclic) bond motifs is 1. The van der Waals surface area contributed by atoms with Gasteiger partial charge in [-0.05, 0) is 49.9 Å². The van der Waals surface area contributed by atoms with Crippen molar-refractivity contribution in [2.75, 3.05) is 42.6 Å². The van der Waals surface area contributed by atoms with Gasteiger partial charge >= 0.3 is 12.1 Å². The van der Waals surface area contributed by atoms with Crippen molar-refractivity contribution in [3.63, 3.8) is 0 Å². The van der Waals surface area contributed by atoms with Crippen molar-refractivity contribution in [3.05, 3.63) is 63.9 Å². The van der Waals surface area contributed by atoms with Crippen molar-refractivity contribution in [2.24, 2.45) is 5.92 Å². The summed E-state index contributed by atoms with van der Waals surface area (Å²) in [6.45, 7) is 1.03. The first-order valence-corrected chi connectivity index (χ1v) is 13.6. The number of ether oxygens (including phenoxy) is 2. The molecule has 3 heterocycles. The Morgan fingerprint density at radius 3 is 2.56 bits per heavy atom. The quantitative estimate of drug-likeness (QED) is 0.419. The second-order valence-electron chi connectivity index (χ2n) is 10.8. The fraction of sp³-hybridized carbons (Fsp3) is 0.414. The Morgan fingerprint density at radius 1 is 1.07 bits per heavy atom. The zero-order valence-electron chi connectivity index (χ0n) is 22.1. The average molecular weight is 570 g/mol. The van der Waals surface area contributed by atoms with Crippen LogP contribution in [0, 0.1) is 17.6 Å². The summed E-state index contributed by atoms with van der Waals surface area (Å²) in [6.07, 6.45) is 3.30. The maximum absolute atomic E-state index is 15.4. The van der Waals surface area contributed by atoms with Crippen LogP contribution in [0.4, 0.5) is 25.0 Å². The van der Waals surface area contributed by atoms with Crippen LogP contribution in [-0.2, 0) is 4.74 Å². The number of rotatable bonds is 8. The Kier molecular flexibility index (Phi) is 7.02. The van der Waals surface area contributed by atoms with E-state index in [0.717, 1.165) is 31.7 Å². The molecule has 0 spiro atoms. The molecule has 216 valence electrons. The van der Waals surface area contributed by atoms with E-state index in [0.29, 0.717) is 30.0 Å². The highest BCUT2D eigenvalue weighted by Gasteiger charge is 2.33. The maximum atomic E-state index is 15.4. The molecule has 2 aromatic carbocycles. The molecule has 0 radical (unpaired) electrons. The highest BCUT2D eigenvalue weighted by atomic mass is 19.1. The number of carboxylic acids is 1. The molecule has 2 N–H and O–H groups in total. The molecule has 6 rings (SSSR count). The van der Waals surface area contributed by atoms with Gasteiger partial charge in [-0.2, -0.15) is 0 Å². The summed E-state index contributed by atoms with van der Waals surface area (Å²) in [4.78, 5) is 39.5. The van der Waals surface area contributed by atoms with E-state index in [1.54, 1.807) is 16.7 Å². The molecule has 3 aliphatic rings. The Labute approximate surface area is 233 Å². The van der Waals surface area contributed by atoms with Gasteiger partial charge in [-0.1, -0.05) is 0 Å². The van der Waals surface area contributed by atoms with Crippen LogP contribution in [0.15, 0.2) is 41.3 Å². The number of hydrogen-bond donors (Lipinski definition) is 2. The van der Waals surface area contributed by atoms with E-state index in [1.165, 1.54) is 23.2 Å². The van der Waals surface area contributed by atoms with Crippen molar-refractivity contribution in [3.8, 4) is 5.75 Å². The summed E-state index contributed by atoms with van der Waals surface area (Å²) in [5.74, 6) is -2.59. The topological polar surface area (TPSA) is 122 Å². The number of benzene rings is 2. The van der Waals surface area contributed by atoms with E-state index in [2.05, 4.69) is 0 Å². The molecule has 1 aliphatic carbocycles. The number of amides is 1. The average Bonchev–Trinajstić information content (AvgIpc) is 3.73. The van der Waals surface area contributed by atoms with Gasteiger partial charge in [0.05, 0.1) is 36.6 Å². The smallest absolute Gasteiger partial charge is 0.414 e. The molecule has 1 aromatic heterocycles. The fourth-order valence-corrected chi connectivity index (χ4v) is 5.64.